The summed E-state index contributed by atoms with van der Waals surface area (Å²) < 4.78 is -2.54. The lowest BCUT2D eigenvalue weighted by atomic mass is 10.1. The summed E-state index contributed by atoms with van der Waals surface area (Å²) >= 11 is 32.9. The van der Waals surface area contributed by atoms with E-state index in [-0.39, 0.29) is 0 Å². The highest BCUT2D eigenvalue weighted by molar-refractivity contribution is 9.42. The van der Waals surface area contributed by atoms with Gasteiger partial charge in [-0.2, -0.15) is 0 Å². The van der Waals surface area contributed by atoms with Gasteiger partial charge in [-0.25, -0.2) is 0 Å². The molecule has 0 radical (unpaired) electrons. The van der Waals surface area contributed by atoms with Crippen molar-refractivity contribution in [2.75, 3.05) is 0 Å². The van der Waals surface area contributed by atoms with E-state index in [0.717, 1.165) is 5.56 Å². The van der Waals surface area contributed by atoms with Crippen molar-refractivity contribution in [1.29, 1.82) is 0 Å². The van der Waals surface area contributed by atoms with Crippen LogP contribution in [0.2, 0.25) is 0 Å². The Morgan fingerprint density at radius 3 is 1.37 bits per heavy atom. The zero-order valence-corrected chi connectivity index (χ0v) is 23.1. The molecule has 0 spiro atoms. The summed E-state index contributed by atoms with van der Waals surface area (Å²) in [6.45, 7) is 0. The Morgan fingerprint density at radius 2 is 1.00 bits per heavy atom. The van der Waals surface area contributed by atoms with Crippen LogP contribution in [0.5, 0.6) is 0 Å². The molecule has 0 fully saturated rings. The first-order valence-electron chi connectivity index (χ1n) is 4.61. The average molecular weight is 844 g/mol. The molecule has 0 unspecified atom stereocenters. The molecule has 1 aromatic rings. The molecule has 0 heterocycles. The second-order valence-electron chi connectivity index (χ2n) is 3.59. The Labute approximate surface area is 188 Å². The Kier molecular flexibility index (Phi) is 7.79. The van der Waals surface area contributed by atoms with Gasteiger partial charge in [-0.15, -0.1) is 0 Å². The van der Waals surface area contributed by atoms with E-state index in [1.54, 1.807) is 0 Å². The average Bonchev–Trinajstić information content (AvgIpc) is 2.28. The molecule has 0 N–H and O–H groups in total. The molecule has 1 aromatic carbocycles. The minimum atomic E-state index is -0.669. The fourth-order valence-corrected chi connectivity index (χ4v) is 7.53. The predicted molar refractivity (Wildman–Crippen MR) is 117 cm³/mol. The summed E-state index contributed by atoms with van der Waals surface area (Å²) in [4.78, 5) is 0. The molecule has 0 nitrogen and oxygen atoms in total. The van der Waals surface area contributed by atoms with E-state index in [1.165, 1.54) is 0 Å². The van der Waals surface area contributed by atoms with Gasteiger partial charge in [0.15, 0.2) is 2.14 Å². The fourth-order valence-electron chi connectivity index (χ4n) is 1.20. The highest BCUT2D eigenvalue weighted by Gasteiger charge is 2.64. The third-order valence-corrected chi connectivity index (χ3v) is 18.4. The van der Waals surface area contributed by atoms with Crippen LogP contribution in [0.1, 0.15) is 5.56 Å². The van der Waals surface area contributed by atoms with Gasteiger partial charge in [0.1, 0.15) is 9.70 Å². The number of alkyl halides is 9. The van der Waals surface area contributed by atoms with E-state index < -0.39 is 11.8 Å². The third kappa shape index (κ3) is 4.15. The summed E-state index contributed by atoms with van der Waals surface area (Å²) in [6.07, 6.45) is 0. The summed E-state index contributed by atoms with van der Waals surface area (Å²) in [5.41, 5.74) is 1.05. The Bertz CT molecular complexity index is 432. The van der Waals surface area contributed by atoms with Gasteiger partial charge in [0.05, 0.1) is 0 Å². The third-order valence-electron chi connectivity index (χ3n) is 2.28. The molecule has 0 aliphatic heterocycles. The van der Waals surface area contributed by atoms with Crippen LogP contribution >= 0.6 is 143 Å². The monoisotopic (exact) mass is 835 g/mol. The summed E-state index contributed by atoms with van der Waals surface area (Å²) in [7, 11) is 0. The molecule has 0 bridgehead atoms. The first kappa shape index (κ1) is 20.6. The van der Waals surface area contributed by atoms with Crippen LogP contribution in [0.25, 0.3) is 0 Å². The molecule has 0 atom stereocenters. The maximum absolute atomic E-state index is 3.74. The second-order valence-corrected chi connectivity index (χ2v) is 20.7. The number of benzene rings is 1. The van der Waals surface area contributed by atoms with E-state index in [2.05, 4.69) is 143 Å². The van der Waals surface area contributed by atoms with Crippen LogP contribution in [0.4, 0.5) is 0 Å². The van der Waals surface area contributed by atoms with Gasteiger partial charge in [-0.1, -0.05) is 174 Å². The quantitative estimate of drug-likeness (QED) is 0.268. The van der Waals surface area contributed by atoms with Crippen molar-refractivity contribution in [2.45, 2.75) is 11.8 Å². The number of hydrogen-bond acceptors (Lipinski definition) is 0. The summed E-state index contributed by atoms with van der Waals surface area (Å²) in [6, 6.07) is 9.99. The maximum atomic E-state index is 3.74. The van der Waals surface area contributed by atoms with Gasteiger partial charge in [-0.3, -0.25) is 0 Å². The summed E-state index contributed by atoms with van der Waals surface area (Å²) in [5, 5.41) is 0. The van der Waals surface area contributed by atoms with Crippen LogP contribution in [0, 0.1) is 0 Å². The van der Waals surface area contributed by atoms with Gasteiger partial charge in [0, 0.05) is 0 Å². The number of hydrogen-bond donors (Lipinski definition) is 0. The second kappa shape index (κ2) is 7.19. The lowest BCUT2D eigenvalue weighted by molar-refractivity contribution is 0.735. The van der Waals surface area contributed by atoms with E-state index in [0.29, 0.717) is 0 Å². The van der Waals surface area contributed by atoms with Crippen LogP contribution < -0.4 is 0 Å². The van der Waals surface area contributed by atoms with Crippen LogP contribution in [0.3, 0.4) is 0 Å². The molecule has 0 saturated heterocycles. The van der Waals surface area contributed by atoms with E-state index in [1.807, 2.05) is 30.3 Å². The van der Waals surface area contributed by atoms with Crippen molar-refractivity contribution in [3.05, 3.63) is 35.9 Å². The predicted octanol–water partition coefficient (Wildman–Crippen LogP) is 8.44. The zero-order valence-electron chi connectivity index (χ0n) is 8.79. The molecule has 108 valence electrons. The van der Waals surface area contributed by atoms with Crippen molar-refractivity contribution in [3.63, 3.8) is 0 Å². The number of halogens is 9. The van der Waals surface area contributed by atoms with Crippen molar-refractivity contribution < 1.29 is 0 Å². The van der Waals surface area contributed by atoms with Crippen molar-refractivity contribution >= 4 is 143 Å². The molecular weight excluding hydrogens is 839 g/mol. The minimum Gasteiger partial charge on any atom is -0.0672 e. The van der Waals surface area contributed by atoms with E-state index in [4.69, 9.17) is 0 Å². The van der Waals surface area contributed by atoms with E-state index >= 15 is 0 Å². The van der Waals surface area contributed by atoms with Gasteiger partial charge in [0.2, 0.25) is 0 Å². The van der Waals surface area contributed by atoms with Crippen molar-refractivity contribution in [1.82, 2.24) is 0 Å². The topological polar surface area (TPSA) is 0 Å². The van der Waals surface area contributed by atoms with Gasteiger partial charge in [0.25, 0.3) is 0 Å². The zero-order chi connectivity index (χ0) is 15.1. The normalized spacial score (nSPS) is 14.6. The lowest BCUT2D eigenvalue weighted by Crippen LogP contribution is -2.52. The Hall–Kier alpha value is 3.54. The smallest absolute Gasteiger partial charge is 0.0672 e. The standard InChI is InChI=1S/C10H5Br9/c11-7(12,6-4-2-1-3-5-6)8(13,14)9(15,16)10(17,18)19/h1-5H. The minimum absolute atomic E-state index is 0.595. The van der Waals surface area contributed by atoms with Gasteiger partial charge >= 0.3 is 0 Å². The van der Waals surface area contributed by atoms with Crippen molar-refractivity contribution in [3.8, 4) is 0 Å². The first-order chi connectivity index (χ1) is 8.36. The largest absolute Gasteiger partial charge is 0.162 e. The molecule has 0 saturated carbocycles. The molecule has 19 heavy (non-hydrogen) atoms. The van der Waals surface area contributed by atoms with Crippen LogP contribution in [-0.4, -0.2) is 8.61 Å². The van der Waals surface area contributed by atoms with Gasteiger partial charge < -0.3 is 0 Å². The Balaban J connectivity index is 3.34. The molecule has 0 aromatic heterocycles. The van der Waals surface area contributed by atoms with Crippen LogP contribution in [0.15, 0.2) is 30.3 Å². The highest BCUT2D eigenvalue weighted by Crippen LogP contribution is 2.70. The highest BCUT2D eigenvalue weighted by atomic mass is 80.0. The maximum Gasteiger partial charge on any atom is 0.162 e. The molecule has 9 heteroatoms. The Morgan fingerprint density at radius 1 is 0.579 bits per heavy atom. The molecule has 0 amide bonds. The molecule has 0 aliphatic carbocycles. The molecule has 1 rings (SSSR count). The lowest BCUT2D eigenvalue weighted by Gasteiger charge is -2.47. The SMILES string of the molecule is BrC(Br)(Br)C(Br)(Br)C(Br)(Br)C(Br)(Br)c1ccccc1. The summed E-state index contributed by atoms with van der Waals surface area (Å²) in [5.74, 6) is 0. The number of rotatable bonds is 3. The first-order valence-corrected chi connectivity index (χ1v) is 11.7. The molecular formula is C10H5Br9. The van der Waals surface area contributed by atoms with Gasteiger partial charge in [-0.05, 0) is 5.56 Å². The van der Waals surface area contributed by atoms with Crippen LogP contribution in [-0.2, 0) is 3.23 Å². The fraction of sp³-hybridized carbons (Fsp3) is 0.400. The molecule has 0 aliphatic rings. The van der Waals surface area contributed by atoms with Crippen molar-refractivity contribution in [2.24, 2.45) is 0 Å². The van der Waals surface area contributed by atoms with E-state index in [9.17, 15) is 0 Å².